The zero-order valence-electron chi connectivity index (χ0n) is 9.67. The molecule has 100 valence electrons. The fourth-order valence-corrected chi connectivity index (χ4v) is 2.54. The third-order valence-electron chi connectivity index (χ3n) is 3.23. The molecule has 1 saturated carbocycles. The first kappa shape index (κ1) is 13.5. The van der Waals surface area contributed by atoms with Gasteiger partial charge in [0.15, 0.2) is 0 Å². The lowest BCUT2D eigenvalue weighted by Crippen LogP contribution is -2.41. The standard InChI is InChI=1S/C12H14ClF3N2/c13-10-6-3-7-11(18-10)17-9-5-2-1-4-8(9)12(14,15)16/h3,6-9H,1-2,4-5H2,(H,17,18). The first-order valence-electron chi connectivity index (χ1n) is 5.92. The molecular weight excluding hydrogens is 265 g/mol. The van der Waals surface area contributed by atoms with Gasteiger partial charge in [0.25, 0.3) is 0 Å². The minimum atomic E-state index is -4.16. The van der Waals surface area contributed by atoms with Crippen LogP contribution >= 0.6 is 11.6 Å². The molecular formula is C12H14ClF3N2. The number of anilines is 1. The van der Waals surface area contributed by atoms with E-state index in [4.69, 9.17) is 11.6 Å². The summed E-state index contributed by atoms with van der Waals surface area (Å²) in [5.41, 5.74) is 0. The Morgan fingerprint density at radius 3 is 2.61 bits per heavy atom. The number of hydrogen-bond donors (Lipinski definition) is 1. The molecule has 1 aliphatic carbocycles. The lowest BCUT2D eigenvalue weighted by molar-refractivity contribution is -0.184. The quantitative estimate of drug-likeness (QED) is 0.817. The summed E-state index contributed by atoms with van der Waals surface area (Å²) in [6.45, 7) is 0. The average Bonchev–Trinajstić information content (AvgIpc) is 2.28. The van der Waals surface area contributed by atoms with Crippen LogP contribution in [0.25, 0.3) is 0 Å². The van der Waals surface area contributed by atoms with Crippen molar-refractivity contribution in [2.45, 2.75) is 37.9 Å². The van der Waals surface area contributed by atoms with E-state index in [0.717, 1.165) is 6.42 Å². The largest absolute Gasteiger partial charge is 0.393 e. The molecule has 0 aliphatic heterocycles. The second-order valence-corrected chi connectivity index (χ2v) is 4.92. The number of nitrogens with one attached hydrogen (secondary N) is 1. The predicted molar refractivity (Wildman–Crippen MR) is 64.7 cm³/mol. The average molecular weight is 279 g/mol. The van der Waals surface area contributed by atoms with Gasteiger partial charge in [-0.15, -0.1) is 0 Å². The Morgan fingerprint density at radius 1 is 1.22 bits per heavy atom. The first-order valence-corrected chi connectivity index (χ1v) is 6.30. The number of pyridine rings is 1. The third-order valence-corrected chi connectivity index (χ3v) is 3.45. The molecule has 6 heteroatoms. The minimum absolute atomic E-state index is 0.182. The molecule has 18 heavy (non-hydrogen) atoms. The van der Waals surface area contributed by atoms with Gasteiger partial charge in [-0.25, -0.2) is 4.98 Å². The molecule has 0 spiro atoms. The zero-order valence-corrected chi connectivity index (χ0v) is 10.4. The maximum absolute atomic E-state index is 12.9. The molecule has 1 heterocycles. The fourth-order valence-electron chi connectivity index (χ4n) is 2.37. The Balaban J connectivity index is 2.10. The van der Waals surface area contributed by atoms with E-state index >= 15 is 0 Å². The first-order chi connectivity index (χ1) is 8.47. The molecule has 2 rings (SSSR count). The monoisotopic (exact) mass is 278 g/mol. The Labute approximate surface area is 109 Å². The Bertz CT molecular complexity index is 409. The molecule has 1 N–H and O–H groups in total. The van der Waals surface area contributed by atoms with Crippen LogP contribution in [-0.2, 0) is 0 Å². The predicted octanol–water partition coefficient (Wildman–Crippen LogP) is 4.27. The van der Waals surface area contributed by atoms with Gasteiger partial charge in [-0.3, -0.25) is 0 Å². The van der Waals surface area contributed by atoms with Gasteiger partial charge in [-0.1, -0.05) is 30.5 Å². The molecule has 0 saturated heterocycles. The second kappa shape index (κ2) is 5.34. The maximum Gasteiger partial charge on any atom is 0.393 e. The van der Waals surface area contributed by atoms with Crippen LogP contribution in [0.1, 0.15) is 25.7 Å². The lowest BCUT2D eigenvalue weighted by atomic mass is 9.84. The van der Waals surface area contributed by atoms with Crippen LogP contribution in [0.2, 0.25) is 5.15 Å². The van der Waals surface area contributed by atoms with Crippen molar-refractivity contribution in [1.82, 2.24) is 4.98 Å². The fraction of sp³-hybridized carbons (Fsp3) is 0.583. The highest BCUT2D eigenvalue weighted by molar-refractivity contribution is 6.29. The van der Waals surface area contributed by atoms with E-state index in [9.17, 15) is 13.2 Å². The van der Waals surface area contributed by atoms with E-state index in [2.05, 4.69) is 10.3 Å². The molecule has 1 aromatic heterocycles. The number of halogens is 4. The van der Waals surface area contributed by atoms with Crippen molar-refractivity contribution in [3.63, 3.8) is 0 Å². The summed E-state index contributed by atoms with van der Waals surface area (Å²) < 4.78 is 38.7. The van der Waals surface area contributed by atoms with Crippen LogP contribution in [0.15, 0.2) is 18.2 Å². The van der Waals surface area contributed by atoms with Crippen LogP contribution in [0.5, 0.6) is 0 Å². The molecule has 1 aliphatic rings. The zero-order chi connectivity index (χ0) is 13.2. The second-order valence-electron chi connectivity index (χ2n) is 4.53. The van der Waals surface area contributed by atoms with Crippen LogP contribution in [0, 0.1) is 5.92 Å². The molecule has 0 radical (unpaired) electrons. The van der Waals surface area contributed by atoms with Gasteiger partial charge in [-0.05, 0) is 25.0 Å². The smallest absolute Gasteiger partial charge is 0.367 e. The lowest BCUT2D eigenvalue weighted by Gasteiger charge is -2.33. The number of rotatable bonds is 2. The van der Waals surface area contributed by atoms with Gasteiger partial charge in [0.05, 0.1) is 5.92 Å². The van der Waals surface area contributed by atoms with Gasteiger partial charge in [0, 0.05) is 6.04 Å². The maximum atomic E-state index is 12.9. The Hall–Kier alpha value is -0.970. The van der Waals surface area contributed by atoms with Gasteiger partial charge in [0.1, 0.15) is 11.0 Å². The SMILES string of the molecule is FC(F)(F)C1CCCCC1Nc1cccc(Cl)n1. The van der Waals surface area contributed by atoms with Crippen LogP contribution in [0.4, 0.5) is 19.0 Å². The van der Waals surface area contributed by atoms with Crippen molar-refractivity contribution in [1.29, 1.82) is 0 Å². The van der Waals surface area contributed by atoms with E-state index in [1.807, 2.05) is 0 Å². The third kappa shape index (κ3) is 3.28. The highest BCUT2D eigenvalue weighted by Gasteiger charge is 2.45. The van der Waals surface area contributed by atoms with E-state index in [-0.39, 0.29) is 11.6 Å². The molecule has 1 fully saturated rings. The summed E-state index contributed by atoms with van der Waals surface area (Å²) in [6, 6.07) is 4.29. The number of hydrogen-bond acceptors (Lipinski definition) is 2. The molecule has 1 aromatic rings. The molecule has 2 nitrogen and oxygen atoms in total. The number of alkyl halides is 3. The minimum Gasteiger partial charge on any atom is -0.367 e. The van der Waals surface area contributed by atoms with E-state index < -0.39 is 18.1 Å². The van der Waals surface area contributed by atoms with Crippen LogP contribution in [-0.4, -0.2) is 17.2 Å². The van der Waals surface area contributed by atoms with Crippen LogP contribution in [0.3, 0.4) is 0 Å². The topological polar surface area (TPSA) is 24.9 Å². The van der Waals surface area contributed by atoms with E-state index in [1.165, 1.54) is 0 Å². The Kier molecular flexibility index (Phi) is 4.00. The molecule has 0 aromatic carbocycles. The van der Waals surface area contributed by atoms with Crippen molar-refractivity contribution >= 4 is 17.4 Å². The molecule has 0 amide bonds. The van der Waals surface area contributed by atoms with Crippen molar-refractivity contribution < 1.29 is 13.2 Å². The summed E-state index contributed by atoms with van der Waals surface area (Å²) in [4.78, 5) is 3.97. The summed E-state index contributed by atoms with van der Waals surface area (Å²) in [5, 5.41) is 3.14. The van der Waals surface area contributed by atoms with Crippen LogP contribution < -0.4 is 5.32 Å². The summed E-state index contributed by atoms with van der Waals surface area (Å²) >= 11 is 5.72. The van der Waals surface area contributed by atoms with Gasteiger partial charge in [0.2, 0.25) is 0 Å². The normalized spacial score (nSPS) is 24.9. The molecule has 0 bridgehead atoms. The Morgan fingerprint density at radius 2 is 1.94 bits per heavy atom. The van der Waals surface area contributed by atoms with E-state index in [0.29, 0.717) is 18.7 Å². The van der Waals surface area contributed by atoms with Gasteiger partial charge < -0.3 is 5.32 Å². The van der Waals surface area contributed by atoms with Crippen molar-refractivity contribution in [2.75, 3.05) is 5.32 Å². The highest BCUT2D eigenvalue weighted by Crippen LogP contribution is 2.38. The van der Waals surface area contributed by atoms with Gasteiger partial charge in [-0.2, -0.15) is 13.2 Å². The highest BCUT2D eigenvalue weighted by atomic mass is 35.5. The summed E-state index contributed by atoms with van der Waals surface area (Å²) in [5.74, 6) is -0.893. The van der Waals surface area contributed by atoms with E-state index in [1.54, 1.807) is 18.2 Å². The van der Waals surface area contributed by atoms with Crippen molar-refractivity contribution in [2.24, 2.45) is 5.92 Å². The van der Waals surface area contributed by atoms with Crippen molar-refractivity contribution in [3.8, 4) is 0 Å². The summed E-state index contributed by atoms with van der Waals surface area (Å²) in [7, 11) is 0. The number of nitrogens with zero attached hydrogens (tertiary/aromatic N) is 1. The molecule has 2 unspecified atom stereocenters. The van der Waals surface area contributed by atoms with Gasteiger partial charge >= 0.3 is 6.18 Å². The van der Waals surface area contributed by atoms with Crippen molar-refractivity contribution in [3.05, 3.63) is 23.4 Å². The molecule has 2 atom stereocenters. The number of aromatic nitrogens is 1. The summed E-state index contributed by atoms with van der Waals surface area (Å²) in [6.07, 6.45) is -2.02.